The zero-order valence-electron chi connectivity index (χ0n) is 22.4. The predicted molar refractivity (Wildman–Crippen MR) is 149 cm³/mol. The molecule has 39 heavy (non-hydrogen) atoms. The Morgan fingerprint density at radius 1 is 1.10 bits per heavy atom. The van der Waals surface area contributed by atoms with E-state index in [1.54, 1.807) is 23.1 Å². The van der Waals surface area contributed by atoms with Crippen LogP contribution >= 0.6 is 0 Å². The number of likely N-dealkylation sites (N-methyl/N-ethyl adjacent to an activating group) is 1. The standard InChI is InChI=1S/C30H35FN4O4/c1-20-16-35(21(2)19-36)29(37)25-10-7-11-26(33-30(38)32-24-14-12-23(31)13-15-24)28(25)39-27(20)18-34(3)17-22-8-5-4-6-9-22/h4-15,20-21,27,36H,16-19H2,1-3H3,(H2,32,33,38)/t20-,21-,27+/m0/s1. The fraction of sp³-hybridized carbons (Fsp3) is 0.333. The second kappa shape index (κ2) is 12.7. The lowest BCUT2D eigenvalue weighted by atomic mass is 9.99. The lowest BCUT2D eigenvalue weighted by Gasteiger charge is -2.38. The van der Waals surface area contributed by atoms with Crippen LogP contribution in [0.1, 0.15) is 29.8 Å². The summed E-state index contributed by atoms with van der Waals surface area (Å²) >= 11 is 0. The Kier molecular flexibility index (Phi) is 9.16. The Morgan fingerprint density at radius 3 is 2.51 bits per heavy atom. The van der Waals surface area contributed by atoms with Gasteiger partial charge in [0.15, 0.2) is 5.75 Å². The van der Waals surface area contributed by atoms with Crippen molar-refractivity contribution in [2.45, 2.75) is 32.5 Å². The van der Waals surface area contributed by atoms with Gasteiger partial charge in [-0.15, -0.1) is 0 Å². The first-order valence-corrected chi connectivity index (χ1v) is 13.0. The van der Waals surface area contributed by atoms with Crippen LogP contribution in [0.4, 0.5) is 20.6 Å². The molecule has 3 aromatic rings. The van der Waals surface area contributed by atoms with Crippen molar-refractivity contribution in [3.05, 3.63) is 89.7 Å². The van der Waals surface area contributed by atoms with Crippen LogP contribution in [0.3, 0.4) is 0 Å². The van der Waals surface area contributed by atoms with Gasteiger partial charge in [-0.05, 0) is 55.9 Å². The lowest BCUT2D eigenvalue weighted by molar-refractivity contribution is 0.0343. The zero-order valence-corrected chi connectivity index (χ0v) is 22.4. The van der Waals surface area contributed by atoms with E-state index in [1.165, 1.54) is 29.8 Å². The fourth-order valence-electron chi connectivity index (χ4n) is 4.64. The number of fused-ring (bicyclic) bond motifs is 1. The van der Waals surface area contributed by atoms with Crippen LogP contribution in [-0.2, 0) is 6.54 Å². The highest BCUT2D eigenvalue weighted by Crippen LogP contribution is 2.35. The molecule has 1 aliphatic heterocycles. The predicted octanol–water partition coefficient (Wildman–Crippen LogP) is 4.82. The van der Waals surface area contributed by atoms with Gasteiger partial charge < -0.3 is 25.4 Å². The van der Waals surface area contributed by atoms with E-state index in [0.717, 1.165) is 6.54 Å². The summed E-state index contributed by atoms with van der Waals surface area (Å²) in [5, 5.41) is 15.3. The average Bonchev–Trinajstić information content (AvgIpc) is 2.92. The molecule has 3 N–H and O–H groups in total. The number of benzene rings is 3. The molecule has 0 aromatic heterocycles. The van der Waals surface area contributed by atoms with Crippen LogP contribution in [0.25, 0.3) is 0 Å². The summed E-state index contributed by atoms with van der Waals surface area (Å²) in [6, 6.07) is 19.6. The summed E-state index contributed by atoms with van der Waals surface area (Å²) in [5.41, 5.74) is 2.23. The number of amides is 3. The number of aliphatic hydroxyl groups is 1. The minimum Gasteiger partial charge on any atom is -0.486 e. The molecule has 8 nitrogen and oxygen atoms in total. The number of para-hydroxylation sites is 1. The molecule has 1 heterocycles. The van der Waals surface area contributed by atoms with E-state index >= 15 is 0 Å². The molecule has 206 valence electrons. The maximum Gasteiger partial charge on any atom is 0.323 e. The Morgan fingerprint density at radius 2 is 1.82 bits per heavy atom. The van der Waals surface area contributed by atoms with Gasteiger partial charge in [0.1, 0.15) is 11.9 Å². The van der Waals surface area contributed by atoms with Crippen molar-refractivity contribution in [2.24, 2.45) is 5.92 Å². The third-order valence-electron chi connectivity index (χ3n) is 6.83. The Bertz CT molecular complexity index is 1270. The Labute approximate surface area is 228 Å². The quantitative estimate of drug-likeness (QED) is 0.385. The van der Waals surface area contributed by atoms with Gasteiger partial charge in [-0.1, -0.05) is 43.3 Å². The van der Waals surface area contributed by atoms with E-state index in [2.05, 4.69) is 27.7 Å². The summed E-state index contributed by atoms with van der Waals surface area (Å²) in [6.45, 7) is 5.35. The van der Waals surface area contributed by atoms with Gasteiger partial charge >= 0.3 is 6.03 Å². The monoisotopic (exact) mass is 534 g/mol. The number of hydrogen-bond acceptors (Lipinski definition) is 5. The van der Waals surface area contributed by atoms with Gasteiger partial charge in [0.25, 0.3) is 5.91 Å². The normalized spacial score (nSPS) is 18.0. The third kappa shape index (κ3) is 7.13. The van der Waals surface area contributed by atoms with E-state index in [1.807, 2.05) is 39.1 Å². The molecule has 3 aromatic carbocycles. The third-order valence-corrected chi connectivity index (χ3v) is 6.83. The molecule has 0 aliphatic carbocycles. The van der Waals surface area contributed by atoms with Crippen LogP contribution in [-0.4, -0.2) is 65.7 Å². The first kappa shape index (κ1) is 28.1. The molecule has 0 spiro atoms. The molecule has 0 fully saturated rings. The van der Waals surface area contributed by atoms with Crippen LogP contribution in [0.5, 0.6) is 5.75 Å². The van der Waals surface area contributed by atoms with Crippen molar-refractivity contribution < 1.29 is 23.8 Å². The summed E-state index contributed by atoms with van der Waals surface area (Å²) in [7, 11) is 2.02. The van der Waals surface area contributed by atoms with E-state index in [4.69, 9.17) is 4.74 Å². The Hall–Kier alpha value is -3.95. The van der Waals surface area contributed by atoms with Crippen LogP contribution in [0.2, 0.25) is 0 Å². The average molecular weight is 535 g/mol. The van der Waals surface area contributed by atoms with Crippen molar-refractivity contribution in [1.29, 1.82) is 0 Å². The van der Waals surface area contributed by atoms with Gasteiger partial charge in [-0.2, -0.15) is 0 Å². The van der Waals surface area contributed by atoms with E-state index in [-0.39, 0.29) is 30.3 Å². The Balaban J connectivity index is 1.62. The highest BCUT2D eigenvalue weighted by molar-refractivity contribution is 6.04. The van der Waals surface area contributed by atoms with Crippen LogP contribution in [0, 0.1) is 11.7 Å². The van der Waals surface area contributed by atoms with Crippen molar-refractivity contribution in [3.8, 4) is 5.75 Å². The smallest absolute Gasteiger partial charge is 0.323 e. The number of nitrogens with one attached hydrogen (secondary N) is 2. The molecule has 0 saturated heterocycles. The lowest BCUT2D eigenvalue weighted by Crippen LogP contribution is -2.49. The van der Waals surface area contributed by atoms with Gasteiger partial charge in [-0.3, -0.25) is 9.69 Å². The number of nitrogens with zero attached hydrogens (tertiary/aromatic N) is 2. The number of carbonyl (C=O) groups is 2. The minimum atomic E-state index is -0.556. The molecule has 4 rings (SSSR count). The molecule has 1 aliphatic rings. The number of hydrogen-bond donors (Lipinski definition) is 3. The highest BCUT2D eigenvalue weighted by Gasteiger charge is 2.34. The van der Waals surface area contributed by atoms with E-state index < -0.39 is 17.9 Å². The molecule has 9 heteroatoms. The topological polar surface area (TPSA) is 94.1 Å². The van der Waals surface area contributed by atoms with E-state index in [0.29, 0.717) is 30.0 Å². The molecule has 3 atom stereocenters. The highest BCUT2D eigenvalue weighted by atomic mass is 19.1. The van der Waals surface area contributed by atoms with E-state index in [9.17, 15) is 19.1 Å². The van der Waals surface area contributed by atoms with Crippen LogP contribution < -0.4 is 15.4 Å². The second-order valence-corrected chi connectivity index (χ2v) is 10.1. The first-order chi connectivity index (χ1) is 18.7. The number of anilines is 2. The van der Waals surface area contributed by atoms with Gasteiger partial charge in [0.2, 0.25) is 0 Å². The first-order valence-electron chi connectivity index (χ1n) is 13.0. The molecule has 0 radical (unpaired) electrons. The number of aliphatic hydroxyl groups excluding tert-OH is 1. The van der Waals surface area contributed by atoms with Crippen molar-refractivity contribution in [3.63, 3.8) is 0 Å². The summed E-state index contributed by atoms with van der Waals surface area (Å²) in [4.78, 5) is 30.3. The SMILES string of the molecule is C[C@H]1CN([C@@H](C)CO)C(=O)c2cccc(NC(=O)Nc3ccc(F)cc3)c2O[C@@H]1CN(C)Cc1ccccc1. The fourth-order valence-corrected chi connectivity index (χ4v) is 4.64. The maximum absolute atomic E-state index is 13.6. The number of rotatable bonds is 8. The van der Waals surface area contributed by atoms with Crippen molar-refractivity contribution in [1.82, 2.24) is 9.80 Å². The molecule has 0 unspecified atom stereocenters. The second-order valence-electron chi connectivity index (χ2n) is 10.1. The maximum atomic E-state index is 13.6. The molecule has 0 saturated carbocycles. The van der Waals surface area contributed by atoms with Gasteiger partial charge in [0.05, 0.1) is 23.9 Å². The van der Waals surface area contributed by atoms with Gasteiger partial charge in [-0.25, -0.2) is 9.18 Å². The zero-order chi connectivity index (χ0) is 27.9. The number of halogens is 1. The number of carbonyl (C=O) groups excluding carboxylic acids is 2. The number of ether oxygens (including phenoxy) is 1. The summed E-state index contributed by atoms with van der Waals surface area (Å²) in [5.74, 6) is -0.486. The summed E-state index contributed by atoms with van der Waals surface area (Å²) in [6.07, 6.45) is -0.318. The minimum absolute atomic E-state index is 0.0737. The van der Waals surface area contributed by atoms with Crippen molar-refractivity contribution >= 4 is 23.3 Å². The molecule has 0 bridgehead atoms. The molecule has 3 amide bonds. The largest absolute Gasteiger partial charge is 0.486 e. The molecular weight excluding hydrogens is 499 g/mol. The van der Waals surface area contributed by atoms with Gasteiger partial charge in [0, 0.05) is 31.2 Å². The summed E-state index contributed by atoms with van der Waals surface area (Å²) < 4.78 is 19.8. The number of urea groups is 1. The van der Waals surface area contributed by atoms with Crippen LogP contribution in [0.15, 0.2) is 72.8 Å². The molecular formula is C30H35FN4O4. The van der Waals surface area contributed by atoms with Crippen molar-refractivity contribution in [2.75, 3.05) is 37.4 Å².